The third kappa shape index (κ3) is 5.49. The number of anilines is 1. The van der Waals surface area contributed by atoms with Gasteiger partial charge < -0.3 is 15.4 Å². The van der Waals surface area contributed by atoms with Gasteiger partial charge in [-0.1, -0.05) is 24.4 Å². The minimum absolute atomic E-state index is 0.0619. The molecule has 110 valence electrons. The number of nitrogens with one attached hydrogen (secondary N) is 2. The number of carbonyl (C=O) groups excluding carboxylic acids is 1. The van der Waals surface area contributed by atoms with Gasteiger partial charge in [-0.05, 0) is 37.1 Å². The SMILES string of the molecule is O=C(CNCCOC1CCCC1)Nc1ccc(Cl)cc1. The van der Waals surface area contributed by atoms with E-state index < -0.39 is 0 Å². The van der Waals surface area contributed by atoms with Gasteiger partial charge in [0.15, 0.2) is 0 Å². The van der Waals surface area contributed by atoms with Crippen LogP contribution in [0.15, 0.2) is 24.3 Å². The average Bonchev–Trinajstić information content (AvgIpc) is 2.94. The van der Waals surface area contributed by atoms with Gasteiger partial charge in [-0.3, -0.25) is 4.79 Å². The Balaban J connectivity index is 1.54. The maximum atomic E-state index is 11.7. The summed E-state index contributed by atoms with van der Waals surface area (Å²) in [6.07, 6.45) is 5.34. The third-order valence-electron chi connectivity index (χ3n) is 3.35. The lowest BCUT2D eigenvalue weighted by atomic mass is 10.3. The lowest BCUT2D eigenvalue weighted by Gasteiger charge is -2.11. The molecule has 0 atom stereocenters. The van der Waals surface area contributed by atoms with Crippen molar-refractivity contribution >= 4 is 23.2 Å². The summed E-state index contributed by atoms with van der Waals surface area (Å²) in [5.41, 5.74) is 0.753. The molecule has 2 rings (SSSR count). The minimum atomic E-state index is -0.0619. The number of ether oxygens (including phenoxy) is 1. The zero-order valence-electron chi connectivity index (χ0n) is 11.5. The molecule has 1 aliphatic rings. The van der Waals surface area contributed by atoms with Crippen molar-refractivity contribution in [1.29, 1.82) is 0 Å². The van der Waals surface area contributed by atoms with Crippen molar-refractivity contribution in [3.05, 3.63) is 29.3 Å². The summed E-state index contributed by atoms with van der Waals surface area (Å²) < 4.78 is 5.71. The molecule has 0 unspecified atom stereocenters. The van der Waals surface area contributed by atoms with Crippen molar-refractivity contribution in [2.45, 2.75) is 31.8 Å². The molecule has 1 saturated carbocycles. The number of amides is 1. The van der Waals surface area contributed by atoms with Crippen LogP contribution in [-0.2, 0) is 9.53 Å². The van der Waals surface area contributed by atoms with Gasteiger partial charge >= 0.3 is 0 Å². The molecule has 20 heavy (non-hydrogen) atoms. The highest BCUT2D eigenvalue weighted by Crippen LogP contribution is 2.20. The van der Waals surface area contributed by atoms with Crippen molar-refractivity contribution < 1.29 is 9.53 Å². The van der Waals surface area contributed by atoms with E-state index in [1.54, 1.807) is 24.3 Å². The van der Waals surface area contributed by atoms with Crippen molar-refractivity contribution in [1.82, 2.24) is 5.32 Å². The van der Waals surface area contributed by atoms with Gasteiger partial charge in [0.1, 0.15) is 0 Å². The maximum Gasteiger partial charge on any atom is 0.238 e. The van der Waals surface area contributed by atoms with Crippen LogP contribution in [0, 0.1) is 0 Å². The molecule has 1 aromatic carbocycles. The van der Waals surface area contributed by atoms with E-state index in [4.69, 9.17) is 16.3 Å². The molecule has 0 aliphatic heterocycles. The Morgan fingerprint density at radius 3 is 2.65 bits per heavy atom. The summed E-state index contributed by atoms with van der Waals surface area (Å²) >= 11 is 5.78. The molecule has 2 N–H and O–H groups in total. The smallest absolute Gasteiger partial charge is 0.238 e. The van der Waals surface area contributed by atoms with E-state index in [2.05, 4.69) is 10.6 Å². The lowest BCUT2D eigenvalue weighted by Crippen LogP contribution is -2.31. The molecule has 1 aromatic rings. The van der Waals surface area contributed by atoms with Gasteiger partial charge in [-0.25, -0.2) is 0 Å². The third-order valence-corrected chi connectivity index (χ3v) is 3.60. The molecule has 0 heterocycles. The van der Waals surface area contributed by atoms with Gasteiger partial charge in [0.2, 0.25) is 5.91 Å². The first-order valence-electron chi connectivity index (χ1n) is 7.12. The van der Waals surface area contributed by atoms with E-state index in [0.29, 0.717) is 24.3 Å². The number of benzene rings is 1. The molecule has 0 saturated heterocycles. The molecule has 0 radical (unpaired) electrons. The van der Waals surface area contributed by atoms with Crippen molar-refractivity contribution in [2.24, 2.45) is 0 Å². The lowest BCUT2D eigenvalue weighted by molar-refractivity contribution is -0.115. The topological polar surface area (TPSA) is 50.4 Å². The Labute approximate surface area is 124 Å². The van der Waals surface area contributed by atoms with Crippen LogP contribution < -0.4 is 10.6 Å². The minimum Gasteiger partial charge on any atom is -0.377 e. The van der Waals surface area contributed by atoms with Crippen molar-refractivity contribution in [3.63, 3.8) is 0 Å². The second kappa shape index (κ2) is 8.25. The highest BCUT2D eigenvalue weighted by molar-refractivity contribution is 6.30. The van der Waals surface area contributed by atoms with Crippen LogP contribution in [0.2, 0.25) is 5.02 Å². The van der Waals surface area contributed by atoms with E-state index in [-0.39, 0.29) is 12.5 Å². The fourth-order valence-corrected chi connectivity index (χ4v) is 2.42. The van der Waals surface area contributed by atoms with Gasteiger partial charge in [0, 0.05) is 17.3 Å². The average molecular weight is 297 g/mol. The Morgan fingerprint density at radius 1 is 1.25 bits per heavy atom. The number of halogens is 1. The van der Waals surface area contributed by atoms with Gasteiger partial charge in [0.05, 0.1) is 19.3 Å². The first-order valence-corrected chi connectivity index (χ1v) is 7.49. The second-order valence-electron chi connectivity index (χ2n) is 5.01. The molecule has 1 aliphatic carbocycles. The van der Waals surface area contributed by atoms with Crippen LogP contribution in [0.3, 0.4) is 0 Å². The fraction of sp³-hybridized carbons (Fsp3) is 0.533. The quantitative estimate of drug-likeness (QED) is 0.761. The van der Waals surface area contributed by atoms with E-state index in [9.17, 15) is 4.79 Å². The molecule has 0 aromatic heterocycles. The summed E-state index contributed by atoms with van der Waals surface area (Å²) in [6.45, 7) is 1.65. The molecule has 0 bridgehead atoms. The Morgan fingerprint density at radius 2 is 1.95 bits per heavy atom. The summed E-state index contributed by atoms with van der Waals surface area (Å²) in [5, 5.41) is 6.54. The monoisotopic (exact) mass is 296 g/mol. The molecule has 1 fully saturated rings. The van der Waals surface area contributed by atoms with Crippen LogP contribution >= 0.6 is 11.6 Å². The molecular formula is C15H21ClN2O2. The summed E-state index contributed by atoms with van der Waals surface area (Å²) in [5.74, 6) is -0.0619. The van der Waals surface area contributed by atoms with Crippen LogP contribution in [0.5, 0.6) is 0 Å². The maximum absolute atomic E-state index is 11.7. The second-order valence-corrected chi connectivity index (χ2v) is 5.45. The Hall–Kier alpha value is -1.10. The molecule has 0 spiro atoms. The zero-order chi connectivity index (χ0) is 14.2. The van der Waals surface area contributed by atoms with E-state index >= 15 is 0 Å². The normalized spacial score (nSPS) is 15.4. The van der Waals surface area contributed by atoms with E-state index in [1.807, 2.05) is 0 Å². The van der Waals surface area contributed by atoms with Crippen molar-refractivity contribution in [3.8, 4) is 0 Å². The highest BCUT2D eigenvalue weighted by atomic mass is 35.5. The Kier molecular flexibility index (Phi) is 6.30. The standard InChI is InChI=1S/C15H21ClN2O2/c16-12-5-7-13(8-6-12)18-15(19)11-17-9-10-20-14-3-1-2-4-14/h5-8,14,17H,1-4,9-11H2,(H,18,19). The number of carbonyl (C=O) groups is 1. The van der Waals surface area contributed by atoms with Crippen LogP contribution in [0.25, 0.3) is 0 Å². The van der Waals surface area contributed by atoms with Gasteiger partial charge in [-0.15, -0.1) is 0 Å². The zero-order valence-corrected chi connectivity index (χ0v) is 12.3. The number of rotatable bonds is 7. The van der Waals surface area contributed by atoms with E-state index in [0.717, 1.165) is 5.69 Å². The summed E-state index contributed by atoms with van der Waals surface area (Å²) in [7, 11) is 0. The Bertz CT molecular complexity index is 416. The van der Waals surface area contributed by atoms with Crippen LogP contribution in [0.4, 0.5) is 5.69 Å². The predicted molar refractivity (Wildman–Crippen MR) is 81.2 cm³/mol. The molecule has 5 heteroatoms. The number of hydrogen-bond acceptors (Lipinski definition) is 3. The van der Waals surface area contributed by atoms with Crippen LogP contribution in [-0.4, -0.2) is 31.7 Å². The van der Waals surface area contributed by atoms with Crippen molar-refractivity contribution in [2.75, 3.05) is 25.0 Å². The van der Waals surface area contributed by atoms with Gasteiger partial charge in [0.25, 0.3) is 0 Å². The first kappa shape index (κ1) is 15.3. The predicted octanol–water partition coefficient (Wildman–Crippen LogP) is 2.83. The van der Waals surface area contributed by atoms with Gasteiger partial charge in [-0.2, -0.15) is 0 Å². The van der Waals surface area contributed by atoms with E-state index in [1.165, 1.54) is 25.7 Å². The van der Waals surface area contributed by atoms with Crippen LogP contribution in [0.1, 0.15) is 25.7 Å². The summed E-state index contributed by atoms with van der Waals surface area (Å²) in [6, 6.07) is 7.06. The molecular weight excluding hydrogens is 276 g/mol. The molecule has 4 nitrogen and oxygen atoms in total. The largest absolute Gasteiger partial charge is 0.377 e. The highest BCUT2D eigenvalue weighted by Gasteiger charge is 2.14. The number of hydrogen-bond donors (Lipinski definition) is 2. The fourth-order valence-electron chi connectivity index (χ4n) is 2.29. The molecule has 1 amide bonds. The first-order chi connectivity index (χ1) is 9.74. The summed E-state index contributed by atoms with van der Waals surface area (Å²) in [4.78, 5) is 11.7.